The Bertz CT molecular complexity index is 1030. The van der Waals surface area contributed by atoms with Crippen molar-refractivity contribution in [1.82, 2.24) is 19.4 Å². The van der Waals surface area contributed by atoms with Crippen molar-refractivity contribution in [2.75, 3.05) is 13.1 Å². The average Bonchev–Trinajstić information content (AvgIpc) is 3.18. The van der Waals surface area contributed by atoms with Gasteiger partial charge in [0.25, 0.3) is 5.56 Å². The highest BCUT2D eigenvalue weighted by Crippen LogP contribution is 2.22. The molecule has 1 atom stereocenters. The molecule has 1 saturated heterocycles. The predicted molar refractivity (Wildman–Crippen MR) is 97.0 cm³/mol. The van der Waals surface area contributed by atoms with Gasteiger partial charge in [-0.05, 0) is 30.7 Å². The van der Waals surface area contributed by atoms with Gasteiger partial charge in [-0.25, -0.2) is 9.78 Å². The molecule has 0 radical (unpaired) electrons. The number of rotatable bonds is 3. The summed E-state index contributed by atoms with van der Waals surface area (Å²) in [6, 6.07) is 13.5. The van der Waals surface area contributed by atoms with Crippen LogP contribution in [0.2, 0.25) is 0 Å². The molecule has 6 heteroatoms. The van der Waals surface area contributed by atoms with E-state index in [9.17, 15) is 9.59 Å². The lowest BCUT2D eigenvalue weighted by atomic mass is 10.0. The predicted octanol–water partition coefficient (Wildman–Crippen LogP) is 1.22. The van der Waals surface area contributed by atoms with E-state index in [1.807, 2.05) is 36.4 Å². The maximum Gasteiger partial charge on any atom is 0.332 e. The molecule has 0 saturated carbocycles. The fourth-order valence-corrected chi connectivity index (χ4v) is 3.42. The summed E-state index contributed by atoms with van der Waals surface area (Å²) in [6.07, 6.45) is 1.02. The average molecular weight is 336 g/mol. The van der Waals surface area contributed by atoms with Crippen LogP contribution in [0.3, 0.4) is 0 Å². The van der Waals surface area contributed by atoms with E-state index >= 15 is 0 Å². The Morgan fingerprint density at radius 3 is 2.68 bits per heavy atom. The number of pyridine rings is 1. The minimum absolute atomic E-state index is 0.298. The maximum absolute atomic E-state index is 12.7. The molecule has 3 aromatic rings. The molecular weight excluding hydrogens is 316 g/mol. The molecule has 0 bridgehead atoms. The van der Waals surface area contributed by atoms with E-state index < -0.39 is 0 Å². The molecule has 0 aliphatic carbocycles. The SMILES string of the molecule is Cn1c(=O)c2ccc(C3CCNC3)nc2n(Cc2ccccc2)c1=O. The van der Waals surface area contributed by atoms with E-state index in [0.717, 1.165) is 35.3 Å². The molecule has 1 aliphatic rings. The van der Waals surface area contributed by atoms with Crippen LogP contribution in [-0.2, 0) is 13.6 Å². The van der Waals surface area contributed by atoms with E-state index in [-0.39, 0.29) is 11.2 Å². The van der Waals surface area contributed by atoms with Crippen molar-refractivity contribution >= 4 is 11.0 Å². The summed E-state index contributed by atoms with van der Waals surface area (Å²) in [6.45, 7) is 2.24. The first kappa shape index (κ1) is 15.8. The fourth-order valence-electron chi connectivity index (χ4n) is 3.42. The van der Waals surface area contributed by atoms with Gasteiger partial charge in [-0.1, -0.05) is 30.3 Å². The molecule has 2 aromatic heterocycles. The van der Waals surface area contributed by atoms with Gasteiger partial charge >= 0.3 is 5.69 Å². The van der Waals surface area contributed by atoms with Crippen molar-refractivity contribution < 1.29 is 0 Å². The summed E-state index contributed by atoms with van der Waals surface area (Å²) >= 11 is 0. The third kappa shape index (κ3) is 2.78. The van der Waals surface area contributed by atoms with Gasteiger partial charge in [-0.15, -0.1) is 0 Å². The summed E-state index contributed by atoms with van der Waals surface area (Å²) in [5.74, 6) is 0.328. The van der Waals surface area contributed by atoms with E-state index in [4.69, 9.17) is 4.98 Å². The van der Waals surface area contributed by atoms with Crippen LogP contribution in [0, 0.1) is 0 Å². The first-order valence-corrected chi connectivity index (χ1v) is 8.50. The number of hydrogen-bond acceptors (Lipinski definition) is 4. The standard InChI is InChI=1S/C19H20N4O2/c1-22-18(24)15-7-8-16(14-9-10-20-11-14)21-17(15)23(19(22)25)12-13-5-3-2-4-6-13/h2-8,14,20H,9-12H2,1H3. The smallest absolute Gasteiger partial charge is 0.316 e. The van der Waals surface area contributed by atoms with Crippen molar-refractivity contribution in [3.63, 3.8) is 0 Å². The van der Waals surface area contributed by atoms with Crippen LogP contribution >= 0.6 is 0 Å². The number of nitrogens with one attached hydrogen (secondary N) is 1. The Balaban J connectivity index is 1.93. The van der Waals surface area contributed by atoms with Crippen molar-refractivity contribution in [1.29, 1.82) is 0 Å². The minimum atomic E-state index is -0.337. The van der Waals surface area contributed by atoms with E-state index in [1.54, 1.807) is 10.6 Å². The van der Waals surface area contributed by atoms with Crippen LogP contribution in [0.5, 0.6) is 0 Å². The highest BCUT2D eigenvalue weighted by Gasteiger charge is 2.20. The molecule has 128 valence electrons. The Morgan fingerprint density at radius 1 is 1.16 bits per heavy atom. The summed E-state index contributed by atoms with van der Waals surface area (Å²) < 4.78 is 2.75. The van der Waals surface area contributed by atoms with Gasteiger partial charge in [0, 0.05) is 25.2 Å². The normalized spacial score (nSPS) is 17.2. The molecule has 1 N–H and O–H groups in total. The Kier molecular flexibility index (Phi) is 3.97. The second-order valence-corrected chi connectivity index (χ2v) is 6.52. The van der Waals surface area contributed by atoms with Gasteiger partial charge in [-0.2, -0.15) is 0 Å². The number of nitrogens with zero attached hydrogens (tertiary/aromatic N) is 3. The second-order valence-electron chi connectivity index (χ2n) is 6.52. The molecule has 1 unspecified atom stereocenters. The highest BCUT2D eigenvalue weighted by atomic mass is 16.2. The van der Waals surface area contributed by atoms with E-state index in [0.29, 0.717) is 23.5 Å². The van der Waals surface area contributed by atoms with Crippen LogP contribution in [0.15, 0.2) is 52.1 Å². The molecule has 0 amide bonds. The van der Waals surface area contributed by atoms with Crippen LogP contribution in [0.4, 0.5) is 0 Å². The van der Waals surface area contributed by atoms with Crippen LogP contribution in [0.1, 0.15) is 23.6 Å². The Morgan fingerprint density at radius 2 is 1.96 bits per heavy atom. The zero-order chi connectivity index (χ0) is 17.4. The lowest BCUT2D eigenvalue weighted by Gasteiger charge is -2.14. The molecule has 3 heterocycles. The third-order valence-corrected chi connectivity index (χ3v) is 4.87. The quantitative estimate of drug-likeness (QED) is 0.781. The molecule has 25 heavy (non-hydrogen) atoms. The zero-order valence-corrected chi connectivity index (χ0v) is 14.1. The fraction of sp³-hybridized carbons (Fsp3) is 0.316. The number of hydrogen-bond donors (Lipinski definition) is 1. The van der Waals surface area contributed by atoms with Gasteiger partial charge in [0.05, 0.1) is 11.9 Å². The maximum atomic E-state index is 12.7. The molecule has 6 nitrogen and oxygen atoms in total. The molecule has 1 fully saturated rings. The van der Waals surface area contributed by atoms with E-state index in [2.05, 4.69) is 5.32 Å². The van der Waals surface area contributed by atoms with Crippen LogP contribution in [-0.4, -0.2) is 27.2 Å². The van der Waals surface area contributed by atoms with Gasteiger partial charge in [0.2, 0.25) is 0 Å². The minimum Gasteiger partial charge on any atom is -0.316 e. The zero-order valence-electron chi connectivity index (χ0n) is 14.1. The molecular formula is C19H20N4O2. The van der Waals surface area contributed by atoms with Gasteiger partial charge in [0.1, 0.15) is 5.65 Å². The van der Waals surface area contributed by atoms with Crippen molar-refractivity contribution in [2.45, 2.75) is 18.9 Å². The first-order chi connectivity index (χ1) is 12.1. The number of aromatic nitrogens is 3. The number of benzene rings is 1. The van der Waals surface area contributed by atoms with E-state index in [1.165, 1.54) is 7.05 Å². The summed E-state index contributed by atoms with van der Waals surface area (Å²) in [5, 5.41) is 3.81. The summed E-state index contributed by atoms with van der Waals surface area (Å²) in [4.78, 5) is 29.9. The van der Waals surface area contributed by atoms with Crippen LogP contribution in [0.25, 0.3) is 11.0 Å². The third-order valence-electron chi connectivity index (χ3n) is 4.87. The topological polar surface area (TPSA) is 68.9 Å². The Hall–Kier alpha value is -2.73. The first-order valence-electron chi connectivity index (χ1n) is 8.50. The highest BCUT2D eigenvalue weighted by molar-refractivity contribution is 5.74. The van der Waals surface area contributed by atoms with Crippen molar-refractivity contribution in [2.24, 2.45) is 7.05 Å². The molecule has 1 aliphatic heterocycles. The van der Waals surface area contributed by atoms with Crippen LogP contribution < -0.4 is 16.6 Å². The lowest BCUT2D eigenvalue weighted by molar-refractivity contribution is 0.661. The molecule has 4 rings (SSSR count). The second kappa shape index (κ2) is 6.29. The van der Waals surface area contributed by atoms with Crippen molar-refractivity contribution in [3.8, 4) is 0 Å². The van der Waals surface area contributed by atoms with Gasteiger partial charge in [-0.3, -0.25) is 13.9 Å². The van der Waals surface area contributed by atoms with Gasteiger partial charge < -0.3 is 5.32 Å². The van der Waals surface area contributed by atoms with Crippen molar-refractivity contribution in [3.05, 3.63) is 74.6 Å². The number of fused-ring (bicyclic) bond motifs is 1. The summed E-state index contributed by atoms with van der Waals surface area (Å²) in [5.41, 5.74) is 1.77. The largest absolute Gasteiger partial charge is 0.332 e. The van der Waals surface area contributed by atoms with Gasteiger partial charge in [0.15, 0.2) is 0 Å². The summed E-state index contributed by atoms with van der Waals surface area (Å²) in [7, 11) is 1.51. The Labute approximate surface area is 144 Å². The lowest BCUT2D eigenvalue weighted by Crippen LogP contribution is -2.38. The monoisotopic (exact) mass is 336 g/mol. The molecule has 1 aromatic carbocycles. The molecule has 0 spiro atoms.